The number of rotatable bonds is 2. The largest absolute Gasteiger partial charge is 0.474 e. The molecule has 0 saturated heterocycles. The first-order valence-electron chi connectivity index (χ1n) is 12.2. The Morgan fingerprint density at radius 2 is 1.69 bits per heavy atom. The van der Waals surface area contributed by atoms with Crippen molar-refractivity contribution in [3.63, 3.8) is 0 Å². The Morgan fingerprint density at radius 1 is 0.972 bits per heavy atom. The zero-order valence-electron chi connectivity index (χ0n) is 19.4. The highest BCUT2D eigenvalue weighted by atomic mass is 35.6. The number of halogens is 3. The third-order valence-electron chi connectivity index (χ3n) is 7.41. The van der Waals surface area contributed by atoms with E-state index in [0.29, 0.717) is 0 Å². The lowest BCUT2D eigenvalue weighted by Gasteiger charge is -2.36. The number of aromatic nitrogens is 2. The number of imidazole rings is 1. The molecule has 36 heavy (non-hydrogen) atoms. The summed E-state index contributed by atoms with van der Waals surface area (Å²) in [5, 5.41) is 13.7. The molecule has 2 aliphatic rings. The van der Waals surface area contributed by atoms with Gasteiger partial charge >= 0.3 is 11.8 Å². The van der Waals surface area contributed by atoms with Crippen LogP contribution in [0.25, 0.3) is 22.5 Å². The van der Waals surface area contributed by atoms with Crippen molar-refractivity contribution < 1.29 is 14.5 Å². The van der Waals surface area contributed by atoms with Crippen LogP contribution in [-0.2, 0) is 0 Å². The molecule has 2 aromatic heterocycles. The van der Waals surface area contributed by atoms with Gasteiger partial charge in [-0.2, -0.15) is 8.97 Å². The van der Waals surface area contributed by atoms with Gasteiger partial charge in [0, 0.05) is 6.20 Å². The summed E-state index contributed by atoms with van der Waals surface area (Å²) in [6, 6.07) is 16.8. The Bertz CT molecular complexity index is 1520. The van der Waals surface area contributed by atoms with Crippen molar-refractivity contribution in [2.24, 2.45) is 0 Å². The summed E-state index contributed by atoms with van der Waals surface area (Å²) in [7, 11) is 0. The lowest BCUT2D eigenvalue weighted by Crippen LogP contribution is -2.41. The van der Waals surface area contributed by atoms with E-state index in [9.17, 15) is 9.90 Å². The fourth-order valence-corrected chi connectivity index (χ4v) is 6.45. The number of alkyl halides is 3. The maximum atomic E-state index is 14.2. The zero-order chi connectivity index (χ0) is 25.0. The number of carbonyl (C=O) groups excluding carboxylic acids is 1. The van der Waals surface area contributed by atoms with Gasteiger partial charge in [0.15, 0.2) is 0 Å². The molecule has 1 saturated carbocycles. The smallest absolute Gasteiger partial charge is 0.337 e. The van der Waals surface area contributed by atoms with E-state index in [2.05, 4.69) is 0 Å². The van der Waals surface area contributed by atoms with Crippen LogP contribution in [0.4, 0.5) is 0 Å². The minimum Gasteiger partial charge on any atom is -0.474 e. The van der Waals surface area contributed by atoms with Crippen molar-refractivity contribution in [2.45, 2.75) is 48.0 Å². The van der Waals surface area contributed by atoms with Gasteiger partial charge in [-0.05, 0) is 60.4 Å². The topological polar surface area (TPSA) is 48.8 Å². The van der Waals surface area contributed by atoms with Crippen molar-refractivity contribution in [1.29, 1.82) is 0 Å². The maximum absolute atomic E-state index is 14.2. The first-order chi connectivity index (χ1) is 17.4. The average molecular weight is 542 g/mol. The van der Waals surface area contributed by atoms with E-state index in [4.69, 9.17) is 34.8 Å². The summed E-state index contributed by atoms with van der Waals surface area (Å²) < 4.78 is 1.95. The molecule has 1 amide bonds. The molecule has 1 aliphatic heterocycles. The van der Waals surface area contributed by atoms with Crippen LogP contribution in [0.5, 0.6) is 5.88 Å². The van der Waals surface area contributed by atoms with E-state index in [1.54, 1.807) is 10.6 Å². The minimum atomic E-state index is -1.79. The Kier molecular flexibility index (Phi) is 5.90. The fraction of sp³-hybridized carbons (Fsp3) is 0.286. The van der Waals surface area contributed by atoms with Gasteiger partial charge in [0.2, 0.25) is 3.79 Å². The maximum Gasteiger partial charge on any atom is 0.337 e. The molecular formula is C28H25Cl3N3O2+. The van der Waals surface area contributed by atoms with Crippen molar-refractivity contribution in [1.82, 2.24) is 9.30 Å². The van der Waals surface area contributed by atoms with E-state index in [1.165, 1.54) is 11.3 Å². The van der Waals surface area contributed by atoms with Gasteiger partial charge in [0.05, 0.1) is 11.6 Å². The minimum absolute atomic E-state index is 0.0569. The van der Waals surface area contributed by atoms with Crippen molar-refractivity contribution >= 4 is 63.2 Å². The molecule has 0 spiro atoms. The van der Waals surface area contributed by atoms with Gasteiger partial charge in [-0.15, -0.1) is 0 Å². The summed E-state index contributed by atoms with van der Waals surface area (Å²) in [4.78, 5) is 15.7. The number of fused-ring (bicyclic) bond motifs is 4. The number of hydrogen-bond acceptors (Lipinski definition) is 2. The van der Waals surface area contributed by atoms with Crippen LogP contribution in [0.2, 0.25) is 0 Å². The first-order valence-corrected chi connectivity index (χ1v) is 13.3. The third-order valence-corrected chi connectivity index (χ3v) is 8.03. The molecule has 1 unspecified atom stereocenters. The normalized spacial score (nSPS) is 18.6. The number of amides is 1. The molecule has 8 heteroatoms. The Hall–Kier alpha value is -2.73. The summed E-state index contributed by atoms with van der Waals surface area (Å²) in [5.74, 6) is -0.493. The SMILES string of the molecule is O=C(c1c(O)[n+](C2CCCCC2)c2c3ccccc3ccn12)N1C=Cc2ccccc2C1C(Cl)(Cl)Cl. The van der Waals surface area contributed by atoms with Gasteiger partial charge in [0.1, 0.15) is 12.1 Å². The summed E-state index contributed by atoms with van der Waals surface area (Å²) in [6.45, 7) is 0. The predicted octanol–water partition coefficient (Wildman–Crippen LogP) is 7.13. The molecule has 184 valence electrons. The van der Waals surface area contributed by atoms with Gasteiger partial charge in [0.25, 0.3) is 11.3 Å². The van der Waals surface area contributed by atoms with E-state index in [1.807, 2.05) is 71.4 Å². The lowest BCUT2D eigenvalue weighted by molar-refractivity contribution is -0.705. The van der Waals surface area contributed by atoms with Crippen LogP contribution in [0.3, 0.4) is 0 Å². The molecule has 1 N–H and O–H groups in total. The summed E-state index contributed by atoms with van der Waals surface area (Å²) in [5.41, 5.74) is 2.57. The molecule has 3 heterocycles. The third kappa shape index (κ3) is 3.76. The number of carbonyl (C=O) groups is 1. The molecule has 1 aliphatic carbocycles. The quantitative estimate of drug-likeness (QED) is 0.217. The highest BCUT2D eigenvalue weighted by Gasteiger charge is 2.46. The molecule has 2 aromatic carbocycles. The molecule has 4 aromatic rings. The lowest BCUT2D eigenvalue weighted by atomic mass is 9.95. The second kappa shape index (κ2) is 8.98. The number of hydrogen-bond donors (Lipinski definition) is 1. The average Bonchev–Trinajstić information content (AvgIpc) is 3.19. The predicted molar refractivity (Wildman–Crippen MR) is 144 cm³/mol. The molecule has 0 bridgehead atoms. The van der Waals surface area contributed by atoms with Crippen LogP contribution in [0.15, 0.2) is 67.0 Å². The number of nitrogens with zero attached hydrogens (tertiary/aromatic N) is 3. The standard InChI is InChI=1S/C28H24Cl3N3O2/c29-28(30,31)24-21-12-6-4-8-18(21)15-17-33(24)26(35)23-27(36)34(20-10-2-1-3-11-20)25-22-13-7-5-9-19(22)14-16-32(23)25/h4-9,12-17,20,24H,1-3,10-11H2/p+1. The van der Waals surface area contributed by atoms with Crippen LogP contribution < -0.4 is 4.57 Å². The summed E-state index contributed by atoms with van der Waals surface area (Å²) >= 11 is 19.4. The van der Waals surface area contributed by atoms with E-state index in [-0.39, 0.29) is 17.6 Å². The first kappa shape index (κ1) is 23.7. The van der Waals surface area contributed by atoms with Crippen molar-refractivity contribution in [3.05, 3.63) is 83.8 Å². The van der Waals surface area contributed by atoms with E-state index in [0.717, 1.165) is 53.2 Å². The van der Waals surface area contributed by atoms with Gasteiger partial charge in [-0.1, -0.05) is 83.7 Å². The fourth-order valence-electron chi connectivity index (χ4n) is 5.78. The second-order valence-electron chi connectivity index (χ2n) is 9.53. The molecule has 0 radical (unpaired) electrons. The second-order valence-corrected chi connectivity index (χ2v) is 11.9. The van der Waals surface area contributed by atoms with Gasteiger partial charge in [-0.25, -0.2) is 0 Å². The number of pyridine rings is 1. The van der Waals surface area contributed by atoms with E-state index < -0.39 is 15.7 Å². The highest BCUT2D eigenvalue weighted by molar-refractivity contribution is 6.68. The van der Waals surface area contributed by atoms with Crippen LogP contribution >= 0.6 is 34.8 Å². The monoisotopic (exact) mass is 540 g/mol. The van der Waals surface area contributed by atoms with Gasteiger partial charge < -0.3 is 5.11 Å². The molecule has 6 rings (SSSR count). The molecule has 1 fully saturated rings. The zero-order valence-corrected chi connectivity index (χ0v) is 21.7. The van der Waals surface area contributed by atoms with Crippen molar-refractivity contribution in [2.75, 3.05) is 0 Å². The molecular weight excluding hydrogens is 517 g/mol. The summed E-state index contributed by atoms with van der Waals surface area (Å²) in [6.07, 6.45) is 10.6. The van der Waals surface area contributed by atoms with Crippen LogP contribution in [-0.4, -0.2) is 24.1 Å². The van der Waals surface area contributed by atoms with Crippen LogP contribution in [0.1, 0.15) is 65.8 Å². The number of aromatic hydroxyl groups is 1. The molecule has 1 atom stereocenters. The van der Waals surface area contributed by atoms with Gasteiger partial charge in [-0.3, -0.25) is 9.69 Å². The highest BCUT2D eigenvalue weighted by Crippen LogP contribution is 2.47. The van der Waals surface area contributed by atoms with Crippen molar-refractivity contribution in [3.8, 4) is 5.88 Å². The Labute approximate surface area is 224 Å². The number of benzene rings is 2. The van der Waals surface area contributed by atoms with E-state index >= 15 is 0 Å². The Morgan fingerprint density at radius 3 is 2.47 bits per heavy atom. The van der Waals surface area contributed by atoms with Crippen LogP contribution in [0, 0.1) is 0 Å². The molecule has 5 nitrogen and oxygen atoms in total. The Balaban J connectivity index is 1.57.